The SMILES string of the molecule is NC1CCc2cc(-c3cn[nH]c3)[nH]c2C1. The molecule has 2 aromatic rings. The number of nitrogens with two attached hydrogens (primary N) is 1. The minimum absolute atomic E-state index is 0.313. The predicted octanol–water partition coefficient (Wildman–Crippen LogP) is 1.22. The van der Waals surface area contributed by atoms with Crippen LogP contribution in [0.4, 0.5) is 0 Å². The molecule has 1 aliphatic rings. The van der Waals surface area contributed by atoms with E-state index >= 15 is 0 Å². The van der Waals surface area contributed by atoms with Gasteiger partial charge in [0.25, 0.3) is 0 Å². The molecule has 78 valence electrons. The van der Waals surface area contributed by atoms with Crippen LogP contribution in [0.25, 0.3) is 11.3 Å². The molecule has 0 spiro atoms. The van der Waals surface area contributed by atoms with Crippen molar-refractivity contribution >= 4 is 0 Å². The van der Waals surface area contributed by atoms with E-state index in [1.165, 1.54) is 11.3 Å². The minimum Gasteiger partial charge on any atom is -0.358 e. The van der Waals surface area contributed by atoms with Crippen molar-refractivity contribution in [3.8, 4) is 11.3 Å². The van der Waals surface area contributed by atoms with Crippen LogP contribution < -0.4 is 5.73 Å². The highest BCUT2D eigenvalue weighted by Gasteiger charge is 2.18. The van der Waals surface area contributed by atoms with Crippen molar-refractivity contribution in [2.45, 2.75) is 25.3 Å². The summed E-state index contributed by atoms with van der Waals surface area (Å²) in [6.07, 6.45) is 6.88. The summed E-state index contributed by atoms with van der Waals surface area (Å²) in [5.41, 5.74) is 10.9. The molecule has 4 heteroatoms. The number of rotatable bonds is 1. The molecule has 0 bridgehead atoms. The van der Waals surface area contributed by atoms with E-state index in [0.717, 1.165) is 30.5 Å². The Morgan fingerprint density at radius 3 is 3.20 bits per heavy atom. The molecule has 0 aromatic carbocycles. The quantitative estimate of drug-likeness (QED) is 0.650. The van der Waals surface area contributed by atoms with Gasteiger partial charge < -0.3 is 10.7 Å². The first kappa shape index (κ1) is 8.73. The van der Waals surface area contributed by atoms with Crippen LogP contribution in [-0.4, -0.2) is 21.2 Å². The minimum atomic E-state index is 0.313. The van der Waals surface area contributed by atoms with Crippen LogP contribution in [0.2, 0.25) is 0 Å². The number of hydrogen-bond donors (Lipinski definition) is 3. The second-order valence-corrected chi connectivity index (χ2v) is 4.18. The van der Waals surface area contributed by atoms with Gasteiger partial charge in [-0.3, -0.25) is 5.10 Å². The van der Waals surface area contributed by atoms with E-state index in [1.807, 2.05) is 12.4 Å². The van der Waals surface area contributed by atoms with E-state index in [9.17, 15) is 0 Å². The number of aromatic amines is 2. The molecule has 2 aromatic heterocycles. The van der Waals surface area contributed by atoms with Gasteiger partial charge in [-0.1, -0.05) is 0 Å². The average molecular weight is 202 g/mol. The smallest absolute Gasteiger partial charge is 0.0580 e. The highest BCUT2D eigenvalue weighted by molar-refractivity contribution is 5.59. The monoisotopic (exact) mass is 202 g/mol. The number of H-pyrrole nitrogens is 2. The first-order valence-electron chi connectivity index (χ1n) is 5.28. The standard InChI is InChI=1S/C11H14N4/c12-9-2-1-7-3-10(15-11(7)4-9)8-5-13-14-6-8/h3,5-6,9,15H,1-2,4,12H2,(H,13,14). The third-order valence-corrected chi connectivity index (χ3v) is 3.05. The fourth-order valence-electron chi connectivity index (χ4n) is 2.20. The van der Waals surface area contributed by atoms with Crippen LogP contribution in [0.3, 0.4) is 0 Å². The number of fused-ring (bicyclic) bond motifs is 1. The number of aromatic nitrogens is 3. The van der Waals surface area contributed by atoms with Gasteiger partial charge in [-0.25, -0.2) is 0 Å². The van der Waals surface area contributed by atoms with E-state index < -0.39 is 0 Å². The molecule has 0 amide bonds. The lowest BCUT2D eigenvalue weighted by molar-refractivity contribution is 0.571. The summed E-state index contributed by atoms with van der Waals surface area (Å²) in [6.45, 7) is 0. The zero-order chi connectivity index (χ0) is 10.3. The Morgan fingerprint density at radius 2 is 2.40 bits per heavy atom. The molecule has 3 rings (SSSR count). The van der Waals surface area contributed by atoms with Crippen molar-refractivity contribution in [2.24, 2.45) is 5.73 Å². The maximum Gasteiger partial charge on any atom is 0.0580 e. The molecular formula is C11H14N4. The van der Waals surface area contributed by atoms with E-state index in [0.29, 0.717) is 6.04 Å². The summed E-state index contributed by atoms with van der Waals surface area (Å²) in [5, 5.41) is 6.77. The second kappa shape index (κ2) is 3.24. The Kier molecular flexibility index (Phi) is 1.89. The van der Waals surface area contributed by atoms with E-state index in [-0.39, 0.29) is 0 Å². The average Bonchev–Trinajstić information content (AvgIpc) is 2.84. The van der Waals surface area contributed by atoms with Gasteiger partial charge in [0.2, 0.25) is 0 Å². The predicted molar refractivity (Wildman–Crippen MR) is 58.4 cm³/mol. The molecule has 4 nitrogen and oxygen atoms in total. The normalized spacial score (nSPS) is 20.2. The molecule has 4 N–H and O–H groups in total. The van der Waals surface area contributed by atoms with Gasteiger partial charge in [-0.15, -0.1) is 0 Å². The number of hydrogen-bond acceptors (Lipinski definition) is 2. The van der Waals surface area contributed by atoms with Crippen molar-refractivity contribution in [1.29, 1.82) is 0 Å². The number of aryl methyl sites for hydroxylation is 1. The second-order valence-electron chi connectivity index (χ2n) is 4.18. The summed E-state index contributed by atoms with van der Waals surface area (Å²) in [4.78, 5) is 3.43. The van der Waals surface area contributed by atoms with Crippen LogP contribution >= 0.6 is 0 Å². The molecule has 1 unspecified atom stereocenters. The lowest BCUT2D eigenvalue weighted by Gasteiger charge is -2.17. The van der Waals surface area contributed by atoms with Gasteiger partial charge in [-0.05, 0) is 24.5 Å². The van der Waals surface area contributed by atoms with Crippen molar-refractivity contribution < 1.29 is 0 Å². The van der Waals surface area contributed by atoms with Gasteiger partial charge in [-0.2, -0.15) is 5.10 Å². The van der Waals surface area contributed by atoms with Gasteiger partial charge in [0.05, 0.1) is 6.20 Å². The van der Waals surface area contributed by atoms with Crippen molar-refractivity contribution in [1.82, 2.24) is 15.2 Å². The summed E-state index contributed by atoms with van der Waals surface area (Å²) in [5.74, 6) is 0. The molecule has 1 atom stereocenters. The zero-order valence-electron chi connectivity index (χ0n) is 8.46. The maximum absolute atomic E-state index is 5.94. The molecule has 1 aliphatic carbocycles. The van der Waals surface area contributed by atoms with Gasteiger partial charge in [0, 0.05) is 35.6 Å². The molecule has 0 radical (unpaired) electrons. The fraction of sp³-hybridized carbons (Fsp3) is 0.364. The van der Waals surface area contributed by atoms with Crippen molar-refractivity contribution in [3.63, 3.8) is 0 Å². The summed E-state index contributed by atoms with van der Waals surface area (Å²) >= 11 is 0. The Balaban J connectivity index is 2.00. The highest BCUT2D eigenvalue weighted by atomic mass is 15.1. The maximum atomic E-state index is 5.94. The van der Waals surface area contributed by atoms with E-state index in [1.54, 1.807) is 0 Å². The molecule has 15 heavy (non-hydrogen) atoms. The first-order valence-corrected chi connectivity index (χ1v) is 5.28. The molecule has 0 fully saturated rings. The van der Waals surface area contributed by atoms with Crippen LogP contribution in [0.5, 0.6) is 0 Å². The van der Waals surface area contributed by atoms with Gasteiger partial charge >= 0.3 is 0 Å². The molecule has 0 aliphatic heterocycles. The Hall–Kier alpha value is -1.55. The molecule has 2 heterocycles. The Morgan fingerprint density at radius 1 is 1.47 bits per heavy atom. The lowest BCUT2D eigenvalue weighted by atomic mass is 9.94. The third kappa shape index (κ3) is 1.47. The van der Waals surface area contributed by atoms with Crippen LogP contribution in [-0.2, 0) is 12.8 Å². The Labute approximate surface area is 87.9 Å². The van der Waals surface area contributed by atoms with Crippen LogP contribution in [0.1, 0.15) is 17.7 Å². The topological polar surface area (TPSA) is 70.5 Å². The van der Waals surface area contributed by atoms with Gasteiger partial charge in [0.1, 0.15) is 0 Å². The highest BCUT2D eigenvalue weighted by Crippen LogP contribution is 2.26. The Bertz CT molecular complexity index is 455. The van der Waals surface area contributed by atoms with Crippen molar-refractivity contribution in [2.75, 3.05) is 0 Å². The lowest BCUT2D eigenvalue weighted by Crippen LogP contribution is -2.27. The van der Waals surface area contributed by atoms with Crippen LogP contribution in [0, 0.1) is 0 Å². The zero-order valence-corrected chi connectivity index (χ0v) is 8.46. The number of nitrogens with zero attached hydrogens (tertiary/aromatic N) is 1. The molecule has 0 saturated heterocycles. The van der Waals surface area contributed by atoms with E-state index in [2.05, 4.69) is 21.2 Å². The summed E-state index contributed by atoms with van der Waals surface area (Å²) in [6, 6.07) is 2.53. The van der Waals surface area contributed by atoms with Gasteiger partial charge in [0.15, 0.2) is 0 Å². The molecule has 0 saturated carbocycles. The van der Waals surface area contributed by atoms with Crippen LogP contribution in [0.15, 0.2) is 18.5 Å². The molecular weight excluding hydrogens is 188 g/mol. The fourth-order valence-corrected chi connectivity index (χ4v) is 2.20. The largest absolute Gasteiger partial charge is 0.358 e. The first-order chi connectivity index (χ1) is 7.33. The third-order valence-electron chi connectivity index (χ3n) is 3.05. The summed E-state index contributed by atoms with van der Waals surface area (Å²) in [7, 11) is 0. The summed E-state index contributed by atoms with van der Waals surface area (Å²) < 4.78 is 0. The van der Waals surface area contributed by atoms with Crippen molar-refractivity contribution in [3.05, 3.63) is 29.7 Å². The van der Waals surface area contributed by atoms with E-state index in [4.69, 9.17) is 5.73 Å². The number of nitrogens with one attached hydrogen (secondary N) is 2.